The number of halogens is 1. The van der Waals surface area contributed by atoms with E-state index in [1.807, 2.05) is 12.1 Å². The number of aliphatic imine (C=N–C) groups is 1. The first-order valence-electron chi connectivity index (χ1n) is 9.02. The Bertz CT molecular complexity index is 530. The molecule has 1 heterocycles. The topological polar surface area (TPSA) is 62.9 Å². The molecule has 1 aromatic carbocycles. The number of para-hydroxylation sites is 1. The zero-order valence-corrected chi connectivity index (χ0v) is 18.0. The van der Waals surface area contributed by atoms with E-state index in [-0.39, 0.29) is 30.0 Å². The van der Waals surface area contributed by atoms with E-state index < -0.39 is 0 Å². The molecular formula is C19H33IN4O. The van der Waals surface area contributed by atoms with Gasteiger partial charge in [0.05, 0.1) is 19.7 Å². The Balaban J connectivity index is 0.00000312. The van der Waals surface area contributed by atoms with Crippen molar-refractivity contribution in [1.82, 2.24) is 10.2 Å². The van der Waals surface area contributed by atoms with Gasteiger partial charge in [0, 0.05) is 12.1 Å². The van der Waals surface area contributed by atoms with Crippen LogP contribution in [-0.2, 0) is 0 Å². The smallest absolute Gasteiger partial charge is 0.188 e. The third-order valence-corrected chi connectivity index (χ3v) is 4.54. The van der Waals surface area contributed by atoms with Crippen molar-refractivity contribution in [2.24, 2.45) is 16.6 Å². The monoisotopic (exact) mass is 460 g/mol. The normalized spacial score (nSPS) is 16.6. The maximum Gasteiger partial charge on any atom is 0.188 e. The number of methoxy groups -OCH3 is 1. The Labute approximate surface area is 169 Å². The largest absolute Gasteiger partial charge is 0.496 e. The van der Waals surface area contributed by atoms with Crippen molar-refractivity contribution >= 4 is 29.9 Å². The molecule has 0 spiro atoms. The van der Waals surface area contributed by atoms with Crippen LogP contribution in [0.15, 0.2) is 29.3 Å². The molecule has 1 fully saturated rings. The molecular weight excluding hydrogens is 427 g/mol. The van der Waals surface area contributed by atoms with Crippen LogP contribution in [0.25, 0.3) is 0 Å². The van der Waals surface area contributed by atoms with Crippen LogP contribution in [-0.4, -0.2) is 44.1 Å². The van der Waals surface area contributed by atoms with Crippen LogP contribution in [0.4, 0.5) is 0 Å². The van der Waals surface area contributed by atoms with E-state index in [1.165, 1.54) is 18.4 Å². The molecule has 1 aromatic rings. The maximum absolute atomic E-state index is 6.04. The van der Waals surface area contributed by atoms with Gasteiger partial charge in [-0.15, -0.1) is 24.0 Å². The molecule has 3 N–H and O–H groups in total. The van der Waals surface area contributed by atoms with Gasteiger partial charge in [-0.3, -0.25) is 9.89 Å². The number of guanidine groups is 1. The number of benzene rings is 1. The second kappa shape index (κ2) is 11.6. The highest BCUT2D eigenvalue weighted by Crippen LogP contribution is 2.31. The van der Waals surface area contributed by atoms with E-state index in [1.54, 1.807) is 7.11 Å². The number of nitrogens with one attached hydrogen (secondary N) is 1. The summed E-state index contributed by atoms with van der Waals surface area (Å²) in [4.78, 5) is 7.09. The number of nitrogens with zero attached hydrogens (tertiary/aromatic N) is 2. The van der Waals surface area contributed by atoms with Gasteiger partial charge in [0.2, 0.25) is 0 Å². The fourth-order valence-corrected chi connectivity index (χ4v) is 3.14. The molecule has 0 radical (unpaired) electrons. The Morgan fingerprint density at radius 1 is 1.28 bits per heavy atom. The molecule has 1 saturated heterocycles. The van der Waals surface area contributed by atoms with Gasteiger partial charge < -0.3 is 15.8 Å². The van der Waals surface area contributed by atoms with Crippen LogP contribution < -0.4 is 15.8 Å². The van der Waals surface area contributed by atoms with E-state index in [4.69, 9.17) is 10.5 Å². The first-order valence-corrected chi connectivity index (χ1v) is 9.02. The maximum atomic E-state index is 6.04. The first-order chi connectivity index (χ1) is 11.6. The summed E-state index contributed by atoms with van der Waals surface area (Å²) in [6.07, 6.45) is 3.59. The van der Waals surface area contributed by atoms with E-state index in [0.717, 1.165) is 31.8 Å². The van der Waals surface area contributed by atoms with Gasteiger partial charge in [-0.05, 0) is 44.3 Å². The quantitative estimate of drug-likeness (QED) is 0.355. The van der Waals surface area contributed by atoms with Gasteiger partial charge >= 0.3 is 0 Å². The predicted octanol–water partition coefficient (Wildman–Crippen LogP) is 3.40. The molecule has 25 heavy (non-hydrogen) atoms. The second-order valence-electron chi connectivity index (χ2n) is 6.84. The van der Waals surface area contributed by atoms with Gasteiger partial charge in [0.1, 0.15) is 5.75 Å². The van der Waals surface area contributed by atoms with Crippen LogP contribution >= 0.6 is 24.0 Å². The molecule has 6 heteroatoms. The van der Waals surface area contributed by atoms with E-state index >= 15 is 0 Å². The van der Waals surface area contributed by atoms with Crippen LogP contribution in [0.1, 0.15) is 44.7 Å². The standard InChI is InChI=1S/C19H32N4O.HI/c1-15(2)10-11-21-19(20)22-14-17(23-12-6-7-13-23)16-8-4-5-9-18(16)24-3;/h4-5,8-9,15,17H,6-7,10-14H2,1-3H3,(H3,20,21,22);1H. The van der Waals surface area contributed by atoms with E-state index in [2.05, 4.69) is 41.2 Å². The highest BCUT2D eigenvalue weighted by molar-refractivity contribution is 14.0. The number of hydrogen-bond acceptors (Lipinski definition) is 3. The van der Waals surface area contributed by atoms with E-state index in [0.29, 0.717) is 18.4 Å². The average molecular weight is 460 g/mol. The summed E-state index contributed by atoms with van der Waals surface area (Å²) in [5.74, 6) is 2.13. The van der Waals surface area contributed by atoms with Crippen molar-refractivity contribution in [2.45, 2.75) is 39.2 Å². The Kier molecular flexibility index (Phi) is 10.2. The molecule has 2 rings (SSSR count). The lowest BCUT2D eigenvalue weighted by Gasteiger charge is -2.28. The Morgan fingerprint density at radius 2 is 1.96 bits per heavy atom. The minimum Gasteiger partial charge on any atom is -0.496 e. The summed E-state index contributed by atoms with van der Waals surface area (Å²) in [5.41, 5.74) is 7.24. The highest BCUT2D eigenvalue weighted by Gasteiger charge is 2.25. The lowest BCUT2D eigenvalue weighted by atomic mass is 10.0. The SMILES string of the molecule is COc1ccccc1C(CN=C(N)NCCC(C)C)N1CCCC1.I. The number of likely N-dealkylation sites (tertiary alicyclic amines) is 1. The zero-order chi connectivity index (χ0) is 17.4. The average Bonchev–Trinajstić information content (AvgIpc) is 3.09. The Morgan fingerprint density at radius 3 is 2.60 bits per heavy atom. The van der Waals surface area contributed by atoms with Crippen LogP contribution in [0, 0.1) is 5.92 Å². The molecule has 0 bridgehead atoms. The van der Waals surface area contributed by atoms with Crippen molar-refractivity contribution in [3.8, 4) is 5.75 Å². The summed E-state index contributed by atoms with van der Waals surface area (Å²) < 4.78 is 5.56. The summed E-state index contributed by atoms with van der Waals surface area (Å²) in [6.45, 7) is 8.16. The number of hydrogen-bond donors (Lipinski definition) is 2. The third-order valence-electron chi connectivity index (χ3n) is 4.54. The van der Waals surface area contributed by atoms with Crippen LogP contribution in [0.2, 0.25) is 0 Å². The molecule has 1 unspecified atom stereocenters. The van der Waals surface area contributed by atoms with E-state index in [9.17, 15) is 0 Å². The fourth-order valence-electron chi connectivity index (χ4n) is 3.14. The molecule has 0 aromatic heterocycles. The Hall–Kier alpha value is -1.02. The minimum atomic E-state index is 0. The minimum absolute atomic E-state index is 0. The van der Waals surface area contributed by atoms with Gasteiger partial charge in [-0.25, -0.2) is 0 Å². The predicted molar refractivity (Wildman–Crippen MR) is 116 cm³/mol. The third kappa shape index (κ3) is 7.01. The van der Waals surface area contributed by atoms with Crippen molar-refractivity contribution in [1.29, 1.82) is 0 Å². The molecule has 0 saturated carbocycles. The summed E-state index contributed by atoms with van der Waals surface area (Å²) in [7, 11) is 1.73. The number of nitrogens with two attached hydrogens (primary N) is 1. The van der Waals surface area contributed by atoms with Crippen LogP contribution in [0.5, 0.6) is 5.75 Å². The fraction of sp³-hybridized carbons (Fsp3) is 0.632. The van der Waals surface area contributed by atoms with Crippen molar-refractivity contribution < 1.29 is 4.74 Å². The van der Waals surface area contributed by atoms with Crippen molar-refractivity contribution in [3.05, 3.63) is 29.8 Å². The second-order valence-corrected chi connectivity index (χ2v) is 6.84. The molecule has 0 aliphatic carbocycles. The lowest BCUT2D eigenvalue weighted by molar-refractivity contribution is 0.245. The molecule has 1 aliphatic rings. The first kappa shape index (κ1) is 22.0. The van der Waals surface area contributed by atoms with Crippen LogP contribution in [0.3, 0.4) is 0 Å². The zero-order valence-electron chi connectivity index (χ0n) is 15.7. The van der Waals surface area contributed by atoms with Crippen molar-refractivity contribution in [3.63, 3.8) is 0 Å². The van der Waals surface area contributed by atoms with Crippen molar-refractivity contribution in [2.75, 3.05) is 33.3 Å². The van der Waals surface area contributed by atoms with Gasteiger partial charge in [0.15, 0.2) is 5.96 Å². The van der Waals surface area contributed by atoms with Gasteiger partial charge in [-0.1, -0.05) is 32.0 Å². The summed E-state index contributed by atoms with van der Waals surface area (Å²) in [5, 5.41) is 3.22. The highest BCUT2D eigenvalue weighted by atomic mass is 127. The number of ether oxygens (including phenoxy) is 1. The molecule has 5 nitrogen and oxygen atoms in total. The summed E-state index contributed by atoms with van der Waals surface area (Å²) >= 11 is 0. The molecule has 0 amide bonds. The molecule has 142 valence electrons. The number of rotatable bonds is 8. The molecule has 1 atom stereocenters. The molecule has 1 aliphatic heterocycles. The van der Waals surface area contributed by atoms with Gasteiger partial charge in [-0.2, -0.15) is 0 Å². The van der Waals surface area contributed by atoms with Gasteiger partial charge in [0.25, 0.3) is 0 Å². The lowest BCUT2D eigenvalue weighted by Crippen LogP contribution is -2.35. The summed E-state index contributed by atoms with van der Waals surface area (Å²) in [6, 6.07) is 8.45.